The molecule has 0 unspecified atom stereocenters. The lowest BCUT2D eigenvalue weighted by atomic mass is 10.0. The van der Waals surface area contributed by atoms with Crippen LogP contribution in [0, 0.1) is 11.3 Å². The molecule has 2 aromatic carbocycles. The lowest BCUT2D eigenvalue weighted by Gasteiger charge is -2.25. The Balaban J connectivity index is 1.68. The average Bonchev–Trinajstić information content (AvgIpc) is 3.15. The second-order valence-electron chi connectivity index (χ2n) is 7.24. The Morgan fingerprint density at radius 1 is 1.19 bits per heavy atom. The molecule has 0 bridgehead atoms. The molecule has 1 aliphatic heterocycles. The number of fused-ring (bicyclic) bond motifs is 2. The first-order valence-electron chi connectivity index (χ1n) is 10.5. The summed E-state index contributed by atoms with van der Waals surface area (Å²) >= 11 is 1.33. The Kier molecular flexibility index (Phi) is 6.28. The van der Waals surface area contributed by atoms with Crippen molar-refractivity contribution in [1.29, 1.82) is 5.26 Å². The van der Waals surface area contributed by atoms with Gasteiger partial charge in [-0.3, -0.25) is 4.79 Å². The first kappa shape index (κ1) is 21.7. The Bertz CT molecular complexity index is 1230. The standard InChI is InChI=1S/C24H23N3O4S/c1-3-30-19-10-9-15-7-5-6-8-16(15)21(19)22(28)26-23-18(13-25)17-11-12-27(14-20(17)32-23)24(29)31-4-2/h5-10H,3-4,11-12,14H2,1-2H3,(H,26,28). The van der Waals surface area contributed by atoms with E-state index in [-0.39, 0.29) is 12.0 Å². The highest BCUT2D eigenvalue weighted by molar-refractivity contribution is 7.16. The van der Waals surface area contributed by atoms with E-state index in [1.54, 1.807) is 17.9 Å². The Labute approximate surface area is 190 Å². The number of anilines is 1. The summed E-state index contributed by atoms with van der Waals surface area (Å²) in [4.78, 5) is 28.0. The van der Waals surface area contributed by atoms with Crippen LogP contribution in [0.3, 0.4) is 0 Å². The number of nitriles is 1. The van der Waals surface area contributed by atoms with E-state index in [1.807, 2.05) is 37.3 Å². The highest BCUT2D eigenvalue weighted by Gasteiger charge is 2.29. The van der Waals surface area contributed by atoms with Gasteiger partial charge in [-0.15, -0.1) is 11.3 Å². The minimum absolute atomic E-state index is 0.310. The van der Waals surface area contributed by atoms with Gasteiger partial charge in [0.25, 0.3) is 5.91 Å². The number of nitrogens with one attached hydrogen (secondary N) is 1. The van der Waals surface area contributed by atoms with Gasteiger partial charge in [0.1, 0.15) is 16.8 Å². The molecule has 8 heteroatoms. The van der Waals surface area contributed by atoms with Gasteiger partial charge in [-0.25, -0.2) is 4.79 Å². The number of ether oxygens (including phenoxy) is 2. The number of carbonyl (C=O) groups is 2. The maximum absolute atomic E-state index is 13.4. The minimum atomic E-state index is -0.368. The van der Waals surface area contributed by atoms with Crippen LogP contribution in [0.4, 0.5) is 9.80 Å². The molecule has 4 rings (SSSR count). The molecule has 2 amide bonds. The molecular formula is C24H23N3O4S. The van der Waals surface area contributed by atoms with Crippen molar-refractivity contribution in [2.45, 2.75) is 26.8 Å². The predicted octanol–water partition coefficient (Wildman–Crippen LogP) is 4.94. The van der Waals surface area contributed by atoms with E-state index in [1.165, 1.54) is 11.3 Å². The third-order valence-corrected chi connectivity index (χ3v) is 6.47. The SMILES string of the molecule is CCOC(=O)N1CCc2c(sc(NC(=O)c3c(OCC)ccc4ccccc34)c2C#N)C1. The summed E-state index contributed by atoms with van der Waals surface area (Å²) in [7, 11) is 0. The molecule has 7 nitrogen and oxygen atoms in total. The van der Waals surface area contributed by atoms with Crippen LogP contribution >= 0.6 is 11.3 Å². The second-order valence-corrected chi connectivity index (χ2v) is 8.34. The van der Waals surface area contributed by atoms with Crippen LogP contribution in [0.1, 0.15) is 40.2 Å². The Morgan fingerprint density at radius 2 is 2.00 bits per heavy atom. The first-order valence-corrected chi connectivity index (χ1v) is 11.3. The average molecular weight is 450 g/mol. The fourth-order valence-corrected chi connectivity index (χ4v) is 5.12. The maximum Gasteiger partial charge on any atom is 0.410 e. The molecule has 0 atom stereocenters. The number of amides is 2. The summed E-state index contributed by atoms with van der Waals surface area (Å²) in [5, 5.41) is 14.9. The summed E-state index contributed by atoms with van der Waals surface area (Å²) in [5.74, 6) is 0.166. The van der Waals surface area contributed by atoms with E-state index in [0.29, 0.717) is 54.6 Å². The molecular weight excluding hydrogens is 426 g/mol. The van der Waals surface area contributed by atoms with E-state index < -0.39 is 0 Å². The van der Waals surface area contributed by atoms with Gasteiger partial charge in [0.15, 0.2) is 0 Å². The zero-order valence-corrected chi connectivity index (χ0v) is 18.8. The third kappa shape index (κ3) is 3.99. The van der Waals surface area contributed by atoms with Crippen molar-refractivity contribution in [2.24, 2.45) is 0 Å². The third-order valence-electron chi connectivity index (χ3n) is 5.34. The van der Waals surface area contributed by atoms with Gasteiger partial charge in [0.05, 0.1) is 30.9 Å². The van der Waals surface area contributed by atoms with Gasteiger partial charge >= 0.3 is 6.09 Å². The Morgan fingerprint density at radius 3 is 2.75 bits per heavy atom. The molecule has 2 heterocycles. The van der Waals surface area contributed by atoms with Gasteiger partial charge in [0.2, 0.25) is 0 Å². The topological polar surface area (TPSA) is 91.7 Å². The summed E-state index contributed by atoms with van der Waals surface area (Å²) in [6.07, 6.45) is 0.176. The van der Waals surface area contributed by atoms with Crippen LogP contribution in [0.2, 0.25) is 0 Å². The van der Waals surface area contributed by atoms with Crippen LogP contribution < -0.4 is 10.1 Å². The fraction of sp³-hybridized carbons (Fsp3) is 0.292. The highest BCUT2D eigenvalue weighted by atomic mass is 32.1. The molecule has 1 aliphatic rings. The van der Waals surface area contributed by atoms with E-state index in [4.69, 9.17) is 9.47 Å². The molecule has 1 N–H and O–H groups in total. The largest absolute Gasteiger partial charge is 0.493 e. The molecule has 1 aromatic heterocycles. The Hall–Kier alpha value is -3.57. The lowest BCUT2D eigenvalue weighted by Crippen LogP contribution is -2.35. The van der Waals surface area contributed by atoms with E-state index in [0.717, 1.165) is 21.2 Å². The van der Waals surface area contributed by atoms with Gasteiger partial charge in [-0.2, -0.15) is 5.26 Å². The van der Waals surface area contributed by atoms with Crippen molar-refractivity contribution < 1.29 is 19.1 Å². The minimum Gasteiger partial charge on any atom is -0.493 e. The molecule has 0 aliphatic carbocycles. The van der Waals surface area contributed by atoms with Crippen molar-refractivity contribution in [3.8, 4) is 11.8 Å². The van der Waals surface area contributed by atoms with Crippen molar-refractivity contribution in [3.05, 3.63) is 58.0 Å². The van der Waals surface area contributed by atoms with E-state index >= 15 is 0 Å². The number of benzene rings is 2. The van der Waals surface area contributed by atoms with Gasteiger partial charge in [-0.05, 0) is 42.7 Å². The van der Waals surface area contributed by atoms with E-state index in [9.17, 15) is 14.9 Å². The normalized spacial score (nSPS) is 12.7. The van der Waals surface area contributed by atoms with Crippen LogP contribution in [-0.4, -0.2) is 36.7 Å². The lowest BCUT2D eigenvalue weighted by molar-refractivity contribution is 0.102. The summed E-state index contributed by atoms with van der Waals surface area (Å²) in [6.45, 7) is 5.21. The van der Waals surface area contributed by atoms with Gasteiger partial charge in [-0.1, -0.05) is 30.3 Å². The van der Waals surface area contributed by atoms with Gasteiger partial charge < -0.3 is 19.7 Å². The van der Waals surface area contributed by atoms with Crippen LogP contribution in [0.25, 0.3) is 10.8 Å². The molecule has 32 heavy (non-hydrogen) atoms. The summed E-state index contributed by atoms with van der Waals surface area (Å²) in [5.41, 5.74) is 1.78. The number of thiophene rings is 1. The first-order chi connectivity index (χ1) is 15.6. The summed E-state index contributed by atoms with van der Waals surface area (Å²) in [6, 6.07) is 13.6. The van der Waals surface area contributed by atoms with Crippen LogP contribution in [0.15, 0.2) is 36.4 Å². The van der Waals surface area contributed by atoms with E-state index in [2.05, 4.69) is 11.4 Å². The van der Waals surface area contributed by atoms with Crippen LogP contribution in [-0.2, 0) is 17.7 Å². The number of hydrogen-bond acceptors (Lipinski definition) is 6. The zero-order chi connectivity index (χ0) is 22.7. The van der Waals surface area contributed by atoms with Gasteiger partial charge in [0, 0.05) is 11.4 Å². The summed E-state index contributed by atoms with van der Waals surface area (Å²) < 4.78 is 10.8. The molecule has 0 fully saturated rings. The molecule has 0 saturated carbocycles. The monoisotopic (exact) mass is 449 g/mol. The highest BCUT2D eigenvalue weighted by Crippen LogP contribution is 2.38. The van der Waals surface area contributed by atoms with Crippen molar-refractivity contribution in [2.75, 3.05) is 25.1 Å². The van der Waals surface area contributed by atoms with Crippen molar-refractivity contribution in [1.82, 2.24) is 4.90 Å². The van der Waals surface area contributed by atoms with Crippen molar-refractivity contribution in [3.63, 3.8) is 0 Å². The smallest absolute Gasteiger partial charge is 0.410 e. The molecule has 3 aromatic rings. The maximum atomic E-state index is 13.4. The number of hydrogen-bond donors (Lipinski definition) is 1. The number of nitrogens with zero attached hydrogens (tertiary/aromatic N) is 2. The molecule has 0 spiro atoms. The van der Waals surface area contributed by atoms with Crippen molar-refractivity contribution >= 4 is 39.1 Å². The quantitative estimate of drug-likeness (QED) is 0.596. The predicted molar refractivity (Wildman–Crippen MR) is 123 cm³/mol. The zero-order valence-electron chi connectivity index (χ0n) is 17.9. The number of rotatable bonds is 5. The molecule has 164 valence electrons. The second kappa shape index (κ2) is 9.28. The molecule has 0 saturated heterocycles. The number of carbonyl (C=O) groups excluding carboxylic acids is 2. The fourth-order valence-electron chi connectivity index (χ4n) is 3.91. The van der Waals surface area contributed by atoms with Crippen LogP contribution in [0.5, 0.6) is 5.75 Å². The molecule has 0 radical (unpaired) electrons.